The third-order valence-corrected chi connectivity index (χ3v) is 4.53. The Hall–Kier alpha value is -3.42. The fourth-order valence-corrected chi connectivity index (χ4v) is 3.25. The Bertz CT molecular complexity index is 1010. The average molecular weight is 351 g/mol. The highest BCUT2D eigenvalue weighted by atomic mass is 16.5. The molecule has 1 unspecified atom stereocenters. The fraction of sp³-hybridized carbons (Fsp3) is 0.222. The molecule has 3 heterocycles. The molecule has 0 spiro atoms. The molecule has 3 aromatic rings. The van der Waals surface area contributed by atoms with Crippen LogP contribution in [0.3, 0.4) is 0 Å². The summed E-state index contributed by atoms with van der Waals surface area (Å²) in [5, 5.41) is 0. The number of amides is 1. The summed E-state index contributed by atoms with van der Waals surface area (Å²) in [6, 6.07) is 7.69. The van der Waals surface area contributed by atoms with Gasteiger partial charge in [-0.05, 0) is 17.7 Å². The lowest BCUT2D eigenvalue weighted by Crippen LogP contribution is -2.41. The van der Waals surface area contributed by atoms with Crippen LogP contribution in [0.15, 0.2) is 47.8 Å². The van der Waals surface area contributed by atoms with Crippen molar-refractivity contribution in [3.8, 4) is 5.75 Å². The van der Waals surface area contributed by atoms with Crippen LogP contribution in [0.2, 0.25) is 0 Å². The van der Waals surface area contributed by atoms with Gasteiger partial charge in [-0.2, -0.15) is 0 Å². The number of ether oxygens (including phenoxy) is 1. The van der Waals surface area contributed by atoms with Crippen LogP contribution in [-0.4, -0.2) is 44.4 Å². The molecule has 8 nitrogen and oxygen atoms in total. The molecular formula is C18H17N5O3. The van der Waals surface area contributed by atoms with E-state index in [2.05, 4.69) is 19.9 Å². The molecule has 1 amide bonds. The normalized spacial score (nSPS) is 16.2. The lowest BCUT2D eigenvalue weighted by Gasteiger charge is -2.32. The van der Waals surface area contributed by atoms with Gasteiger partial charge in [0, 0.05) is 24.9 Å². The van der Waals surface area contributed by atoms with Crippen LogP contribution < -0.4 is 10.3 Å². The minimum Gasteiger partial charge on any atom is -0.497 e. The molecule has 0 radical (unpaired) electrons. The Morgan fingerprint density at radius 3 is 3.00 bits per heavy atom. The molecule has 4 rings (SSSR count). The van der Waals surface area contributed by atoms with Gasteiger partial charge in [-0.15, -0.1) is 0 Å². The van der Waals surface area contributed by atoms with Gasteiger partial charge in [-0.3, -0.25) is 9.59 Å². The standard InChI is InChI=1S/C18H17N5O3/c1-26-12-4-2-3-11(7-12)13-8-23(9-14-15(13)22-10-21-14)18(25)16-17(24)20-6-5-19-16/h2-7,10,13H,8-9H2,1H3,(H,20,24)(H,21,22). The predicted octanol–water partition coefficient (Wildman–Crippen LogP) is 1.29. The zero-order chi connectivity index (χ0) is 18.1. The number of carbonyl (C=O) groups excluding carboxylic acids is 1. The molecule has 0 aliphatic carbocycles. The number of methoxy groups -OCH3 is 1. The van der Waals surface area contributed by atoms with E-state index in [9.17, 15) is 9.59 Å². The average Bonchev–Trinajstić information content (AvgIpc) is 3.16. The molecule has 26 heavy (non-hydrogen) atoms. The number of hydrogen-bond acceptors (Lipinski definition) is 5. The Kier molecular flexibility index (Phi) is 4.00. The molecule has 2 N–H and O–H groups in total. The van der Waals surface area contributed by atoms with Crippen molar-refractivity contribution in [2.24, 2.45) is 0 Å². The first-order valence-electron chi connectivity index (χ1n) is 8.16. The second kappa shape index (κ2) is 6.47. The van der Waals surface area contributed by atoms with E-state index in [4.69, 9.17) is 4.74 Å². The van der Waals surface area contributed by atoms with Crippen molar-refractivity contribution in [2.45, 2.75) is 12.5 Å². The topological polar surface area (TPSA) is 104 Å². The lowest BCUT2D eigenvalue weighted by atomic mass is 9.90. The van der Waals surface area contributed by atoms with Crippen LogP contribution in [-0.2, 0) is 6.54 Å². The summed E-state index contributed by atoms with van der Waals surface area (Å²) in [6.45, 7) is 0.754. The zero-order valence-electron chi connectivity index (χ0n) is 14.1. The van der Waals surface area contributed by atoms with Gasteiger partial charge in [0.05, 0.1) is 31.4 Å². The molecule has 1 aromatic carbocycles. The Balaban J connectivity index is 1.71. The summed E-state index contributed by atoms with van der Waals surface area (Å²) in [4.78, 5) is 40.3. The van der Waals surface area contributed by atoms with Crippen molar-refractivity contribution < 1.29 is 9.53 Å². The molecule has 1 aliphatic rings. The maximum absolute atomic E-state index is 12.8. The number of H-pyrrole nitrogens is 2. The number of aromatic nitrogens is 4. The van der Waals surface area contributed by atoms with Gasteiger partial charge in [0.2, 0.25) is 0 Å². The summed E-state index contributed by atoms with van der Waals surface area (Å²) < 4.78 is 5.31. The maximum Gasteiger partial charge on any atom is 0.279 e. The predicted molar refractivity (Wildman–Crippen MR) is 93.0 cm³/mol. The minimum absolute atomic E-state index is 0.111. The summed E-state index contributed by atoms with van der Waals surface area (Å²) in [6.07, 6.45) is 4.43. The minimum atomic E-state index is -0.495. The number of nitrogens with zero attached hydrogens (tertiary/aromatic N) is 3. The summed E-state index contributed by atoms with van der Waals surface area (Å²) in [5.74, 6) is 0.219. The van der Waals surface area contributed by atoms with Crippen molar-refractivity contribution in [3.05, 3.63) is 76.0 Å². The number of hydrogen-bond donors (Lipinski definition) is 2. The van der Waals surface area contributed by atoms with Gasteiger partial charge in [-0.25, -0.2) is 9.97 Å². The second-order valence-corrected chi connectivity index (χ2v) is 6.05. The number of nitrogens with one attached hydrogen (secondary N) is 2. The Labute approximate surface area is 148 Å². The van der Waals surface area contributed by atoms with E-state index in [0.717, 1.165) is 22.7 Å². The van der Waals surface area contributed by atoms with Gasteiger partial charge in [-0.1, -0.05) is 12.1 Å². The quantitative estimate of drug-likeness (QED) is 0.740. The van der Waals surface area contributed by atoms with Crippen LogP contribution >= 0.6 is 0 Å². The van der Waals surface area contributed by atoms with Crippen molar-refractivity contribution in [3.63, 3.8) is 0 Å². The molecular weight excluding hydrogens is 334 g/mol. The highest BCUT2D eigenvalue weighted by molar-refractivity contribution is 5.92. The number of carbonyl (C=O) groups is 1. The third kappa shape index (κ3) is 2.75. The van der Waals surface area contributed by atoms with E-state index < -0.39 is 11.5 Å². The second-order valence-electron chi connectivity index (χ2n) is 6.05. The van der Waals surface area contributed by atoms with Crippen molar-refractivity contribution in [1.82, 2.24) is 24.8 Å². The van der Waals surface area contributed by atoms with Gasteiger partial charge < -0.3 is 19.6 Å². The summed E-state index contributed by atoms with van der Waals surface area (Å²) >= 11 is 0. The maximum atomic E-state index is 12.8. The van der Waals surface area contributed by atoms with E-state index in [0.29, 0.717) is 13.1 Å². The van der Waals surface area contributed by atoms with Crippen LogP contribution in [0.1, 0.15) is 33.4 Å². The fourth-order valence-electron chi connectivity index (χ4n) is 3.25. The summed E-state index contributed by atoms with van der Waals surface area (Å²) in [5.41, 5.74) is 2.14. The van der Waals surface area contributed by atoms with E-state index in [1.165, 1.54) is 12.4 Å². The van der Waals surface area contributed by atoms with Crippen LogP contribution in [0, 0.1) is 0 Å². The Morgan fingerprint density at radius 1 is 1.31 bits per heavy atom. The lowest BCUT2D eigenvalue weighted by molar-refractivity contribution is 0.0714. The molecule has 1 aliphatic heterocycles. The molecule has 0 bridgehead atoms. The van der Waals surface area contributed by atoms with E-state index in [1.54, 1.807) is 18.3 Å². The molecule has 0 fully saturated rings. The van der Waals surface area contributed by atoms with Gasteiger partial charge in [0.15, 0.2) is 5.69 Å². The van der Waals surface area contributed by atoms with E-state index in [-0.39, 0.29) is 11.6 Å². The smallest absolute Gasteiger partial charge is 0.279 e. The number of aromatic amines is 2. The molecule has 8 heteroatoms. The van der Waals surface area contributed by atoms with Crippen molar-refractivity contribution in [2.75, 3.05) is 13.7 Å². The van der Waals surface area contributed by atoms with Gasteiger partial charge >= 0.3 is 0 Å². The molecule has 1 atom stereocenters. The number of fused-ring (bicyclic) bond motifs is 1. The van der Waals surface area contributed by atoms with Crippen molar-refractivity contribution in [1.29, 1.82) is 0 Å². The highest BCUT2D eigenvalue weighted by Gasteiger charge is 2.33. The van der Waals surface area contributed by atoms with Crippen LogP contribution in [0.4, 0.5) is 0 Å². The van der Waals surface area contributed by atoms with Crippen LogP contribution in [0.5, 0.6) is 5.75 Å². The SMILES string of the molecule is COc1cccc(C2CN(C(=O)c3ncc[nH]c3=O)Cc3[nH]cnc32)c1. The van der Waals surface area contributed by atoms with Crippen LogP contribution in [0.25, 0.3) is 0 Å². The number of benzene rings is 1. The van der Waals surface area contributed by atoms with Gasteiger partial charge in [0.25, 0.3) is 11.5 Å². The van der Waals surface area contributed by atoms with Gasteiger partial charge in [0.1, 0.15) is 5.75 Å². The first-order chi connectivity index (χ1) is 12.7. The molecule has 0 saturated heterocycles. The Morgan fingerprint density at radius 2 is 2.19 bits per heavy atom. The first kappa shape index (κ1) is 16.1. The zero-order valence-corrected chi connectivity index (χ0v) is 14.1. The first-order valence-corrected chi connectivity index (χ1v) is 8.16. The monoisotopic (exact) mass is 351 g/mol. The largest absolute Gasteiger partial charge is 0.497 e. The molecule has 0 saturated carbocycles. The van der Waals surface area contributed by atoms with Crippen molar-refractivity contribution >= 4 is 5.91 Å². The van der Waals surface area contributed by atoms with E-state index in [1.807, 2.05) is 24.3 Å². The molecule has 2 aromatic heterocycles. The number of rotatable bonds is 3. The molecule has 132 valence electrons. The van der Waals surface area contributed by atoms with E-state index >= 15 is 0 Å². The highest BCUT2D eigenvalue weighted by Crippen LogP contribution is 2.33. The third-order valence-electron chi connectivity index (χ3n) is 4.53. The number of imidazole rings is 1. The summed E-state index contributed by atoms with van der Waals surface area (Å²) in [7, 11) is 1.61.